The average Bonchev–Trinajstić information content (AvgIpc) is 2.22. The quantitative estimate of drug-likeness (QED) is 0.667. The van der Waals surface area contributed by atoms with Crippen molar-refractivity contribution in [3.8, 4) is 0 Å². The lowest BCUT2D eigenvalue weighted by Crippen LogP contribution is -2.45. The number of carbonyl (C=O) groups is 2. The first kappa shape index (κ1) is 18.7. The van der Waals surface area contributed by atoms with Crippen molar-refractivity contribution in [2.75, 3.05) is 12.3 Å². The van der Waals surface area contributed by atoms with Crippen LogP contribution < -0.4 is 11.1 Å². The van der Waals surface area contributed by atoms with Crippen LogP contribution in [0.25, 0.3) is 0 Å². The summed E-state index contributed by atoms with van der Waals surface area (Å²) in [4.78, 5) is 22.7. The topological polar surface area (TPSA) is 125 Å². The number of ether oxygens (including phenoxy) is 1. The first-order chi connectivity index (χ1) is 8.97. The van der Waals surface area contributed by atoms with Gasteiger partial charge in [0.2, 0.25) is 0 Å². The highest BCUT2D eigenvalue weighted by Gasteiger charge is 2.23. The second-order valence-corrected chi connectivity index (χ2v) is 6.84. The Hall–Kier alpha value is -1.35. The summed E-state index contributed by atoms with van der Waals surface area (Å²) >= 11 is 0. The van der Waals surface area contributed by atoms with Gasteiger partial charge in [0, 0.05) is 6.54 Å². The molecule has 0 saturated heterocycles. The normalized spacial score (nSPS) is 13.4. The van der Waals surface area contributed by atoms with Gasteiger partial charge in [-0.15, -0.1) is 0 Å². The summed E-state index contributed by atoms with van der Waals surface area (Å²) in [5.41, 5.74) is 4.74. The number of carbonyl (C=O) groups excluding carboxylic acids is 2. The van der Waals surface area contributed by atoms with E-state index in [4.69, 9.17) is 10.5 Å². The minimum atomic E-state index is -3.92. The third kappa shape index (κ3) is 8.70. The van der Waals surface area contributed by atoms with E-state index in [9.17, 15) is 18.0 Å². The maximum atomic E-state index is 11.4. The Morgan fingerprint density at radius 2 is 1.85 bits per heavy atom. The smallest absolute Gasteiger partial charge is 0.407 e. The van der Waals surface area contributed by atoms with Gasteiger partial charge in [-0.2, -0.15) is 8.42 Å². The van der Waals surface area contributed by atoms with E-state index >= 15 is 0 Å². The van der Waals surface area contributed by atoms with E-state index in [-0.39, 0.29) is 12.3 Å². The number of hydrogen-bond acceptors (Lipinski definition) is 7. The zero-order valence-electron chi connectivity index (χ0n) is 12.1. The van der Waals surface area contributed by atoms with E-state index in [1.165, 1.54) is 0 Å². The summed E-state index contributed by atoms with van der Waals surface area (Å²) in [7, 11) is -3.92. The molecule has 20 heavy (non-hydrogen) atoms. The average molecular weight is 310 g/mol. The molecule has 1 atom stereocenters. The van der Waals surface area contributed by atoms with Gasteiger partial charge in [-0.1, -0.05) is 6.92 Å². The van der Waals surface area contributed by atoms with Crippen molar-refractivity contribution in [3.05, 3.63) is 0 Å². The summed E-state index contributed by atoms with van der Waals surface area (Å²) in [5, 5.41) is 2.26. The Bertz CT molecular complexity index is 440. The number of nitrogens with two attached hydrogens (primary N) is 1. The molecule has 0 aliphatic heterocycles. The van der Waals surface area contributed by atoms with Crippen LogP contribution in [-0.2, 0) is 23.8 Å². The number of nitrogens with one attached hydrogen (secondary N) is 1. The SMILES string of the molecule is CCCS(=O)(=O)OC(=O)[C@@H](N)CNC(=O)OC(C)(C)C. The lowest BCUT2D eigenvalue weighted by Gasteiger charge is -2.20. The monoisotopic (exact) mass is 310 g/mol. The molecule has 9 heteroatoms. The molecule has 0 aliphatic carbocycles. The van der Waals surface area contributed by atoms with Gasteiger partial charge in [-0.3, -0.25) is 0 Å². The van der Waals surface area contributed by atoms with Crippen LogP contribution in [0.1, 0.15) is 34.1 Å². The molecule has 0 unspecified atom stereocenters. The maximum absolute atomic E-state index is 11.4. The minimum absolute atomic E-state index is 0.273. The number of rotatable bonds is 6. The fourth-order valence-corrected chi connectivity index (χ4v) is 2.03. The van der Waals surface area contributed by atoms with E-state index < -0.39 is 33.8 Å². The van der Waals surface area contributed by atoms with E-state index in [0.29, 0.717) is 6.42 Å². The van der Waals surface area contributed by atoms with Gasteiger partial charge >= 0.3 is 22.2 Å². The van der Waals surface area contributed by atoms with Gasteiger partial charge in [0.1, 0.15) is 11.6 Å². The van der Waals surface area contributed by atoms with Crippen molar-refractivity contribution in [2.45, 2.75) is 45.8 Å². The van der Waals surface area contributed by atoms with Crippen molar-refractivity contribution < 1.29 is 26.9 Å². The highest BCUT2D eigenvalue weighted by Crippen LogP contribution is 2.06. The highest BCUT2D eigenvalue weighted by atomic mass is 32.2. The van der Waals surface area contributed by atoms with Gasteiger partial charge in [-0.05, 0) is 27.2 Å². The van der Waals surface area contributed by atoms with E-state index in [1.807, 2.05) is 0 Å². The second-order valence-electron chi connectivity index (χ2n) is 5.15. The molecular weight excluding hydrogens is 288 g/mol. The van der Waals surface area contributed by atoms with Crippen molar-refractivity contribution in [2.24, 2.45) is 5.73 Å². The zero-order chi connectivity index (χ0) is 16.0. The summed E-state index contributed by atoms with van der Waals surface area (Å²) < 4.78 is 31.7. The van der Waals surface area contributed by atoms with Gasteiger partial charge in [-0.25, -0.2) is 9.59 Å². The largest absolute Gasteiger partial charge is 0.444 e. The summed E-state index contributed by atoms with van der Waals surface area (Å²) in [6, 6.07) is -1.28. The standard InChI is InChI=1S/C11H22N2O6S/c1-5-6-20(16,17)19-9(14)8(12)7-13-10(15)18-11(2,3)4/h8H,5-7,12H2,1-4H3,(H,13,15)/t8-/m0/s1. The molecule has 0 bridgehead atoms. The zero-order valence-corrected chi connectivity index (χ0v) is 13.0. The third-order valence-electron chi connectivity index (χ3n) is 1.83. The van der Waals surface area contributed by atoms with Gasteiger partial charge in [0.15, 0.2) is 0 Å². The molecule has 0 aromatic rings. The van der Waals surface area contributed by atoms with Crippen molar-refractivity contribution in [1.29, 1.82) is 0 Å². The molecule has 0 aliphatic rings. The van der Waals surface area contributed by atoms with Crippen LogP contribution in [-0.4, -0.2) is 44.4 Å². The molecule has 0 radical (unpaired) electrons. The molecule has 3 N–H and O–H groups in total. The van der Waals surface area contributed by atoms with E-state index in [1.54, 1.807) is 27.7 Å². The van der Waals surface area contributed by atoms with Crippen LogP contribution in [0.4, 0.5) is 4.79 Å². The van der Waals surface area contributed by atoms with Crippen LogP contribution in [0.3, 0.4) is 0 Å². The van der Waals surface area contributed by atoms with Gasteiger partial charge in [0.25, 0.3) is 0 Å². The number of alkyl carbamates (subject to hydrolysis) is 1. The predicted octanol–water partition coefficient (Wildman–Crippen LogP) is 0.121. The first-order valence-electron chi connectivity index (χ1n) is 6.15. The molecule has 0 aromatic carbocycles. The van der Waals surface area contributed by atoms with Gasteiger partial charge < -0.3 is 20.0 Å². The summed E-state index contributed by atoms with van der Waals surface area (Å²) in [5.74, 6) is -1.39. The molecule has 118 valence electrons. The predicted molar refractivity (Wildman–Crippen MR) is 72.4 cm³/mol. The van der Waals surface area contributed by atoms with Crippen LogP contribution in [0.2, 0.25) is 0 Å². The molecule has 1 amide bonds. The molecular formula is C11H22N2O6S. The third-order valence-corrected chi connectivity index (χ3v) is 3.16. The van der Waals surface area contributed by atoms with E-state index in [2.05, 4.69) is 9.50 Å². The fraction of sp³-hybridized carbons (Fsp3) is 0.818. The molecule has 0 rings (SSSR count). The molecule has 0 aromatic heterocycles. The van der Waals surface area contributed by atoms with Crippen molar-refractivity contribution in [1.82, 2.24) is 5.32 Å². The Balaban J connectivity index is 4.25. The number of hydrogen-bond donors (Lipinski definition) is 2. The van der Waals surface area contributed by atoms with Gasteiger partial charge in [0.05, 0.1) is 5.75 Å². The Labute approximate surface area is 119 Å². The molecule has 0 saturated carbocycles. The fourth-order valence-electron chi connectivity index (χ4n) is 1.07. The lowest BCUT2D eigenvalue weighted by molar-refractivity contribution is -0.135. The minimum Gasteiger partial charge on any atom is -0.444 e. The Morgan fingerprint density at radius 3 is 2.30 bits per heavy atom. The lowest BCUT2D eigenvalue weighted by atomic mass is 10.2. The Kier molecular flexibility index (Phi) is 6.94. The first-order valence-corrected chi connectivity index (χ1v) is 7.73. The summed E-state index contributed by atoms with van der Waals surface area (Å²) in [6.45, 7) is 6.39. The maximum Gasteiger partial charge on any atom is 0.407 e. The Morgan fingerprint density at radius 1 is 1.30 bits per heavy atom. The molecule has 0 heterocycles. The highest BCUT2D eigenvalue weighted by molar-refractivity contribution is 7.87. The van der Waals surface area contributed by atoms with Crippen LogP contribution >= 0.6 is 0 Å². The van der Waals surface area contributed by atoms with Crippen LogP contribution in [0, 0.1) is 0 Å². The van der Waals surface area contributed by atoms with Crippen LogP contribution in [0.5, 0.6) is 0 Å². The van der Waals surface area contributed by atoms with Crippen molar-refractivity contribution in [3.63, 3.8) is 0 Å². The summed E-state index contributed by atoms with van der Waals surface area (Å²) in [6.07, 6.45) is -0.432. The molecule has 0 fully saturated rings. The number of amides is 1. The van der Waals surface area contributed by atoms with E-state index in [0.717, 1.165) is 0 Å². The van der Waals surface area contributed by atoms with Crippen molar-refractivity contribution >= 4 is 22.2 Å². The molecule has 8 nitrogen and oxygen atoms in total. The molecule has 0 spiro atoms. The second kappa shape index (κ2) is 7.44. The van der Waals surface area contributed by atoms with Crippen LogP contribution in [0.15, 0.2) is 0 Å².